The molecular weight excluding hydrogens is 264 g/mol. The maximum absolute atomic E-state index is 5.83. The van der Waals surface area contributed by atoms with Gasteiger partial charge in [-0.1, -0.05) is 46.6 Å². The number of alkyl halides is 1. The summed E-state index contributed by atoms with van der Waals surface area (Å²) in [6.07, 6.45) is 14.8. The minimum absolute atomic E-state index is 0.620. The van der Waals surface area contributed by atoms with Gasteiger partial charge in [0.15, 0.2) is 0 Å². The van der Waals surface area contributed by atoms with Crippen LogP contribution in [-0.2, 0) is 0 Å². The first-order valence-electron chi connectivity index (χ1n) is 7.62. The van der Waals surface area contributed by atoms with Crippen LogP contribution < -0.4 is 0 Å². The van der Waals surface area contributed by atoms with Crippen molar-refractivity contribution in [2.75, 3.05) is 5.88 Å². The molecule has 0 nitrogen and oxygen atoms in total. The molecule has 0 amide bonds. The van der Waals surface area contributed by atoms with Gasteiger partial charge in [-0.3, -0.25) is 0 Å². The smallest absolute Gasteiger partial charge is 0.0406 e. The Morgan fingerprint density at radius 3 is 1.90 bits per heavy atom. The summed E-state index contributed by atoms with van der Waals surface area (Å²) in [6, 6.07) is 0. The van der Waals surface area contributed by atoms with Gasteiger partial charge < -0.3 is 0 Å². The molecule has 0 aromatic carbocycles. The number of rotatable bonds is 9. The van der Waals surface area contributed by atoms with Crippen LogP contribution in [0, 0.1) is 0 Å². The summed E-state index contributed by atoms with van der Waals surface area (Å²) in [5.41, 5.74) is 5.73. The van der Waals surface area contributed by atoms with Crippen LogP contribution in [0.2, 0.25) is 0 Å². The third-order valence-corrected chi connectivity index (χ3v) is 3.34. The van der Waals surface area contributed by atoms with E-state index in [0.717, 1.165) is 25.7 Å². The van der Waals surface area contributed by atoms with E-state index in [1.807, 2.05) is 0 Å². The fourth-order valence-electron chi connectivity index (χ4n) is 1.93. The summed E-state index contributed by atoms with van der Waals surface area (Å²) < 4.78 is 0. The van der Waals surface area contributed by atoms with Crippen molar-refractivity contribution in [1.29, 1.82) is 0 Å². The molecule has 0 fully saturated rings. The second-order valence-corrected chi connectivity index (χ2v) is 6.22. The maximum atomic E-state index is 5.83. The van der Waals surface area contributed by atoms with E-state index in [9.17, 15) is 0 Å². The zero-order valence-electron chi connectivity index (χ0n) is 13.9. The van der Waals surface area contributed by atoms with Crippen LogP contribution in [0.15, 0.2) is 46.6 Å². The van der Waals surface area contributed by atoms with Crippen molar-refractivity contribution in [3.05, 3.63) is 46.6 Å². The van der Waals surface area contributed by atoms with Crippen LogP contribution in [0.3, 0.4) is 0 Å². The number of halogens is 1. The van der Waals surface area contributed by atoms with Gasteiger partial charge >= 0.3 is 0 Å². The monoisotopic (exact) mass is 294 g/mol. The van der Waals surface area contributed by atoms with Crippen LogP contribution in [0.4, 0.5) is 0 Å². The van der Waals surface area contributed by atoms with Gasteiger partial charge in [0.25, 0.3) is 0 Å². The molecule has 0 spiro atoms. The van der Waals surface area contributed by atoms with E-state index in [1.165, 1.54) is 28.7 Å². The SMILES string of the molecule is CC(C)=CCCC(C)=CCCC(=CCCl)CC=C(C)C. The lowest BCUT2D eigenvalue weighted by atomic mass is 10.0. The van der Waals surface area contributed by atoms with Gasteiger partial charge in [-0.25, -0.2) is 0 Å². The van der Waals surface area contributed by atoms with Gasteiger partial charge in [-0.2, -0.15) is 0 Å². The van der Waals surface area contributed by atoms with Crippen molar-refractivity contribution in [2.24, 2.45) is 0 Å². The molecule has 20 heavy (non-hydrogen) atoms. The molecule has 0 heterocycles. The zero-order chi connectivity index (χ0) is 15.4. The van der Waals surface area contributed by atoms with Crippen molar-refractivity contribution in [3.8, 4) is 0 Å². The quantitative estimate of drug-likeness (QED) is 0.318. The highest BCUT2D eigenvalue weighted by atomic mass is 35.5. The average molecular weight is 295 g/mol. The predicted molar refractivity (Wildman–Crippen MR) is 94.5 cm³/mol. The second-order valence-electron chi connectivity index (χ2n) is 5.91. The Morgan fingerprint density at radius 1 is 0.750 bits per heavy atom. The summed E-state index contributed by atoms with van der Waals surface area (Å²) in [6.45, 7) is 10.8. The number of hydrogen-bond donors (Lipinski definition) is 0. The van der Waals surface area contributed by atoms with E-state index >= 15 is 0 Å². The van der Waals surface area contributed by atoms with Crippen molar-refractivity contribution in [3.63, 3.8) is 0 Å². The summed E-state index contributed by atoms with van der Waals surface area (Å²) in [5.74, 6) is 0.620. The van der Waals surface area contributed by atoms with Crippen LogP contribution >= 0.6 is 11.6 Å². The highest BCUT2D eigenvalue weighted by Crippen LogP contribution is 2.15. The Hall–Kier alpha value is -0.750. The molecule has 0 rings (SSSR count). The second kappa shape index (κ2) is 12.0. The third kappa shape index (κ3) is 12.3. The summed E-state index contributed by atoms with van der Waals surface area (Å²) in [4.78, 5) is 0. The highest BCUT2D eigenvalue weighted by molar-refractivity contribution is 6.18. The summed E-state index contributed by atoms with van der Waals surface area (Å²) >= 11 is 5.83. The van der Waals surface area contributed by atoms with Gasteiger partial charge in [-0.15, -0.1) is 11.6 Å². The summed E-state index contributed by atoms with van der Waals surface area (Å²) in [5, 5.41) is 0. The van der Waals surface area contributed by atoms with E-state index in [1.54, 1.807) is 0 Å². The molecule has 0 aliphatic rings. The van der Waals surface area contributed by atoms with Crippen molar-refractivity contribution in [2.45, 2.75) is 66.7 Å². The lowest BCUT2D eigenvalue weighted by Crippen LogP contribution is -1.85. The Bertz CT molecular complexity index is 373. The van der Waals surface area contributed by atoms with Gasteiger partial charge in [0.2, 0.25) is 0 Å². The van der Waals surface area contributed by atoms with E-state index in [-0.39, 0.29) is 0 Å². The molecule has 0 aliphatic carbocycles. The lowest BCUT2D eigenvalue weighted by molar-refractivity contribution is 0.899. The minimum Gasteiger partial charge on any atom is -0.122 e. The summed E-state index contributed by atoms with van der Waals surface area (Å²) in [7, 11) is 0. The Labute approximate surface area is 131 Å². The Kier molecular flexibility index (Phi) is 11.6. The third-order valence-electron chi connectivity index (χ3n) is 3.19. The molecule has 0 aromatic rings. The first-order chi connectivity index (χ1) is 9.45. The van der Waals surface area contributed by atoms with Crippen molar-refractivity contribution >= 4 is 11.6 Å². The molecule has 0 saturated carbocycles. The number of hydrogen-bond acceptors (Lipinski definition) is 0. The normalized spacial score (nSPS) is 12.3. The molecule has 0 N–H and O–H groups in total. The molecule has 114 valence electrons. The van der Waals surface area contributed by atoms with Gasteiger partial charge in [-0.05, 0) is 66.7 Å². The van der Waals surface area contributed by atoms with Crippen LogP contribution in [0.5, 0.6) is 0 Å². The molecular formula is C19H31Cl. The average Bonchev–Trinajstić information content (AvgIpc) is 2.35. The lowest BCUT2D eigenvalue weighted by Gasteiger charge is -2.04. The van der Waals surface area contributed by atoms with Crippen molar-refractivity contribution < 1.29 is 0 Å². The van der Waals surface area contributed by atoms with Gasteiger partial charge in [0.05, 0.1) is 0 Å². The molecule has 1 heteroatoms. The molecule has 0 aromatic heterocycles. The first kappa shape index (κ1) is 19.2. The topological polar surface area (TPSA) is 0 Å². The van der Waals surface area contributed by atoms with Crippen LogP contribution in [0.1, 0.15) is 66.7 Å². The fourth-order valence-corrected chi connectivity index (χ4v) is 2.14. The van der Waals surface area contributed by atoms with E-state index < -0.39 is 0 Å². The van der Waals surface area contributed by atoms with Gasteiger partial charge in [0, 0.05) is 5.88 Å². The first-order valence-corrected chi connectivity index (χ1v) is 8.15. The molecule has 0 atom stereocenters. The van der Waals surface area contributed by atoms with E-state index in [2.05, 4.69) is 58.9 Å². The van der Waals surface area contributed by atoms with Crippen LogP contribution in [-0.4, -0.2) is 5.88 Å². The standard InChI is InChI=1S/C19H31Cl/c1-16(2)8-6-9-18(5)10-7-11-19(14-15-20)13-12-17(3)4/h8,10,12,14H,6-7,9,11,13,15H2,1-5H3. The molecule has 0 saturated heterocycles. The molecule has 0 aliphatic heterocycles. The van der Waals surface area contributed by atoms with Crippen molar-refractivity contribution in [1.82, 2.24) is 0 Å². The Balaban J connectivity index is 4.18. The van der Waals surface area contributed by atoms with E-state index in [0.29, 0.717) is 5.88 Å². The highest BCUT2D eigenvalue weighted by Gasteiger charge is 1.96. The van der Waals surface area contributed by atoms with E-state index in [4.69, 9.17) is 11.6 Å². The predicted octanol–water partition coefficient (Wildman–Crippen LogP) is 6.98. The number of allylic oxidation sites excluding steroid dienone is 8. The molecule has 0 unspecified atom stereocenters. The largest absolute Gasteiger partial charge is 0.122 e. The van der Waals surface area contributed by atoms with Crippen LogP contribution in [0.25, 0.3) is 0 Å². The zero-order valence-corrected chi connectivity index (χ0v) is 14.7. The van der Waals surface area contributed by atoms with Gasteiger partial charge in [0.1, 0.15) is 0 Å². The fraction of sp³-hybridized carbons (Fsp3) is 0.579. The molecule has 0 bridgehead atoms. The molecule has 0 radical (unpaired) electrons. The minimum atomic E-state index is 0.620. The maximum Gasteiger partial charge on any atom is 0.0406 e. The Morgan fingerprint density at radius 2 is 1.35 bits per heavy atom.